The summed E-state index contributed by atoms with van der Waals surface area (Å²) in [5.74, 6) is 2.73. The summed E-state index contributed by atoms with van der Waals surface area (Å²) in [4.78, 5) is 26.4. The van der Waals surface area contributed by atoms with Crippen molar-refractivity contribution in [3.8, 4) is 17.2 Å². The maximum Gasteiger partial charge on any atom is 0.264 e. The van der Waals surface area contributed by atoms with Gasteiger partial charge in [0, 0.05) is 77.5 Å². The monoisotopic (exact) mass is 1410 g/mol. The van der Waals surface area contributed by atoms with Gasteiger partial charge in [0.05, 0.1) is 45.5 Å². The van der Waals surface area contributed by atoms with E-state index in [1.165, 1.54) is 35.2 Å². The molecule has 2 saturated heterocycles. The number of nitrogens with zero attached hydrogens (tertiary/aromatic N) is 4. The summed E-state index contributed by atoms with van der Waals surface area (Å²) in [5, 5.41) is 15.2. The van der Waals surface area contributed by atoms with Crippen LogP contribution in [0.1, 0.15) is 105 Å². The van der Waals surface area contributed by atoms with E-state index in [9.17, 15) is 18.3 Å². The fourth-order valence-electron chi connectivity index (χ4n) is 10.6. The van der Waals surface area contributed by atoms with Crippen molar-refractivity contribution in [3.05, 3.63) is 175 Å². The van der Waals surface area contributed by atoms with Gasteiger partial charge in [0.2, 0.25) is 11.5 Å². The van der Waals surface area contributed by atoms with Gasteiger partial charge in [0.1, 0.15) is 5.69 Å². The normalized spacial score (nSPS) is 17.4. The van der Waals surface area contributed by atoms with Crippen molar-refractivity contribution in [2.75, 3.05) is 67.9 Å². The zero-order chi connectivity index (χ0) is 57.8. The molecular formula is C60H69Br4Cl2N5O8S. The molecule has 0 radical (unpaired) electrons. The smallest absolute Gasteiger partial charge is 0.264 e. The van der Waals surface area contributed by atoms with Crippen LogP contribution in [0.3, 0.4) is 0 Å². The third-order valence-electron chi connectivity index (χ3n) is 14.8. The summed E-state index contributed by atoms with van der Waals surface area (Å²) in [5.41, 5.74) is 10.4. The molecule has 4 aliphatic rings. The summed E-state index contributed by atoms with van der Waals surface area (Å²) >= 11 is 26.7. The summed E-state index contributed by atoms with van der Waals surface area (Å²) in [7, 11) is 5.75. The first kappa shape index (κ1) is 64.1. The maximum atomic E-state index is 12.6. The molecule has 0 spiro atoms. The fourth-order valence-corrected chi connectivity index (χ4v) is 14.2. The number of aryl methyl sites for hydroxylation is 4. The minimum atomic E-state index is -3.26. The minimum absolute atomic E-state index is 0.0430. The number of hydrogen-bond donors (Lipinski definition) is 2. The molecule has 430 valence electrons. The summed E-state index contributed by atoms with van der Waals surface area (Å²) < 4.78 is 46.2. The van der Waals surface area contributed by atoms with Crippen molar-refractivity contribution in [3.63, 3.8) is 0 Å². The lowest BCUT2D eigenvalue weighted by molar-refractivity contribution is 0.103. The Kier molecular flexibility index (Phi) is 23.9. The molecule has 80 heavy (non-hydrogen) atoms. The van der Waals surface area contributed by atoms with Crippen LogP contribution in [0, 0.1) is 5.92 Å². The molecule has 4 heterocycles. The number of aliphatic hydroxyl groups is 1. The lowest BCUT2D eigenvalue weighted by atomic mass is 9.76. The van der Waals surface area contributed by atoms with E-state index in [-0.39, 0.29) is 17.9 Å². The van der Waals surface area contributed by atoms with E-state index >= 15 is 0 Å². The molecule has 0 saturated carbocycles. The highest BCUT2D eigenvalue weighted by molar-refractivity contribution is 9.11. The molecule has 2 aromatic heterocycles. The minimum Gasteiger partial charge on any atom is -0.493 e. The average molecular weight is 1410 g/mol. The first-order chi connectivity index (χ1) is 38.2. The molecule has 2 unspecified atom stereocenters. The Hall–Kier alpha value is -3.50. The van der Waals surface area contributed by atoms with E-state index < -0.39 is 16.2 Å². The number of carbonyl (C=O) groups excluding carboxylic acids is 1. The second-order valence-electron chi connectivity index (χ2n) is 20.6. The number of likely N-dealkylation sites (tertiary alicyclic amines) is 2. The largest absolute Gasteiger partial charge is 0.493 e. The number of methoxy groups -OCH3 is 3. The average Bonchev–Trinajstić information content (AvgIpc) is 3.67. The molecule has 2 aliphatic heterocycles. The van der Waals surface area contributed by atoms with Gasteiger partial charge in [0.25, 0.3) is 10.1 Å². The van der Waals surface area contributed by atoms with Crippen molar-refractivity contribution >= 4 is 103 Å². The molecule has 2 fully saturated rings. The number of carbonyl (C=O) groups is 1. The van der Waals surface area contributed by atoms with Crippen LogP contribution in [0.15, 0.2) is 109 Å². The Labute approximate surface area is 515 Å². The Bertz CT molecular complexity index is 3180. The number of aromatic nitrogens is 2. The van der Waals surface area contributed by atoms with Crippen LogP contribution < -0.4 is 19.5 Å². The molecule has 13 nitrogen and oxygen atoms in total. The van der Waals surface area contributed by atoms with Crippen molar-refractivity contribution < 1.29 is 36.7 Å². The molecule has 10 rings (SSSR count). The van der Waals surface area contributed by atoms with E-state index in [0.29, 0.717) is 51.9 Å². The predicted octanol–water partition coefficient (Wildman–Crippen LogP) is 13.4. The molecule has 20 heteroatoms. The lowest BCUT2D eigenvalue weighted by Crippen LogP contribution is -2.35. The predicted molar refractivity (Wildman–Crippen MR) is 333 cm³/mol. The zero-order valence-electron chi connectivity index (χ0n) is 46.0. The quantitative estimate of drug-likeness (QED) is 0.118. The van der Waals surface area contributed by atoms with Crippen LogP contribution in [0.25, 0.3) is 0 Å². The van der Waals surface area contributed by atoms with Crippen LogP contribution in [-0.4, -0.2) is 119 Å². The number of ether oxygens (including phenoxy) is 3. The van der Waals surface area contributed by atoms with Gasteiger partial charge in [-0.15, -0.1) is 0 Å². The topological polar surface area (TPSA) is 153 Å². The Morgan fingerprint density at radius 3 is 1.85 bits per heavy atom. The van der Waals surface area contributed by atoms with Crippen LogP contribution in [0.4, 0.5) is 0 Å². The lowest BCUT2D eigenvalue weighted by Gasteiger charge is -2.35. The van der Waals surface area contributed by atoms with E-state index in [1.807, 2.05) is 80.8 Å². The molecule has 2 aliphatic carbocycles. The number of halogens is 6. The number of nitrogens with one attached hydrogen (secondary N) is 1. The second-order valence-corrected chi connectivity index (χ2v) is 26.6. The van der Waals surface area contributed by atoms with E-state index in [2.05, 4.69) is 103 Å². The number of piperidine rings is 2. The molecule has 2 N–H and O–H groups in total. The number of pyridine rings is 2. The van der Waals surface area contributed by atoms with Crippen molar-refractivity contribution in [1.82, 2.24) is 25.1 Å². The van der Waals surface area contributed by atoms with E-state index in [0.717, 1.165) is 116 Å². The standard InChI is InChI=1S/C20H21Br2ClN2.C19H25NO4.C14H8Br2ClNO.C7H15NO3S/c1-25-6-4-12(5-7-25)19-18-13(9-16(23)10-17(18)22)2-3-14-8-15(21)11-24-20(14)19;1-13(18(21)15-8-6-5-7-9-15)20-12-14-10-16(22-2)19(24-4)17(11-14)23-3;15-9-3-8-2-1-7-4-10(17)5-11(16)12(7)14(19)13(8)18-6-9;1-8-5-3-7(4-6-8)11-12(2,9)10/h8-12,19H,2-7H2,1H3;5-11,13,18,20-21H,12H2,1-4H3;3-6H,1-2H2;7H,3-6H2,1-2H3/t19-;;;/m1.../s1. The third kappa shape index (κ3) is 17.3. The maximum absolute atomic E-state index is 12.6. The second kappa shape index (κ2) is 29.8. The molecule has 4 aromatic carbocycles. The Balaban J connectivity index is 0.000000159. The molecular weight excluding hydrogens is 1340 g/mol. The van der Waals surface area contributed by atoms with Gasteiger partial charge in [-0.2, -0.15) is 8.42 Å². The van der Waals surface area contributed by atoms with Crippen molar-refractivity contribution in [2.45, 2.75) is 89.0 Å². The molecule has 0 amide bonds. The van der Waals surface area contributed by atoms with Gasteiger partial charge in [-0.05, 0) is 227 Å². The number of hydrogen-bond acceptors (Lipinski definition) is 13. The SMILES string of the molecule is CN1CCC(OS(C)(=O)=O)CC1.CN1CCC([C@H]2c3ncc(Br)cc3CCc3cc(Cl)cc(Br)c32)CC1.COc1cc(CNC(C)C(O)c2ccccc2)cc(OC)c1OC.O=C1c2ncc(Br)cc2CCc2cc(Cl)cc(Br)c21. The Morgan fingerprint density at radius 1 is 0.713 bits per heavy atom. The van der Waals surface area contributed by atoms with Crippen molar-refractivity contribution in [1.29, 1.82) is 0 Å². The zero-order valence-corrected chi connectivity index (χ0v) is 54.7. The molecule has 0 bridgehead atoms. The first-order valence-electron chi connectivity index (χ1n) is 26.5. The first-order valence-corrected chi connectivity index (χ1v) is 32.2. The highest BCUT2D eigenvalue weighted by Gasteiger charge is 2.35. The van der Waals surface area contributed by atoms with Crippen molar-refractivity contribution in [2.24, 2.45) is 5.92 Å². The Morgan fingerprint density at radius 2 is 1.25 bits per heavy atom. The summed E-state index contributed by atoms with van der Waals surface area (Å²) in [6.07, 6.45) is 11.7. The third-order valence-corrected chi connectivity index (χ3v) is 18.0. The van der Waals surface area contributed by atoms with Crippen LogP contribution in [-0.2, 0) is 46.5 Å². The highest BCUT2D eigenvalue weighted by Crippen LogP contribution is 2.46. The number of aliphatic hydroxyl groups excluding tert-OH is 1. The van der Waals surface area contributed by atoms with Gasteiger partial charge < -0.3 is 34.4 Å². The fraction of sp³-hybridized carbons (Fsp3) is 0.417. The number of benzene rings is 4. The van der Waals surface area contributed by atoms with Crippen LogP contribution >= 0.6 is 86.9 Å². The van der Waals surface area contributed by atoms with Crippen LogP contribution in [0.5, 0.6) is 17.2 Å². The van der Waals surface area contributed by atoms with Gasteiger partial charge in [-0.3, -0.25) is 18.9 Å². The van der Waals surface area contributed by atoms with Gasteiger partial charge in [-0.25, -0.2) is 0 Å². The van der Waals surface area contributed by atoms with Gasteiger partial charge in [-0.1, -0.05) is 69.5 Å². The van der Waals surface area contributed by atoms with Crippen LogP contribution in [0.2, 0.25) is 10.0 Å². The number of ketones is 1. The van der Waals surface area contributed by atoms with Gasteiger partial charge in [0.15, 0.2) is 11.5 Å². The number of rotatable bonds is 11. The molecule has 3 atom stereocenters. The highest BCUT2D eigenvalue weighted by atomic mass is 79.9. The molecule has 6 aromatic rings. The van der Waals surface area contributed by atoms with Gasteiger partial charge >= 0.3 is 0 Å². The van der Waals surface area contributed by atoms with E-state index in [1.54, 1.807) is 33.6 Å². The summed E-state index contributed by atoms with van der Waals surface area (Å²) in [6.45, 7) is 6.68. The number of fused-ring (bicyclic) bond motifs is 4. The summed E-state index contributed by atoms with van der Waals surface area (Å²) in [6, 6.07) is 25.3. The van der Waals surface area contributed by atoms with E-state index in [4.69, 9.17) is 46.6 Å².